The van der Waals surface area contributed by atoms with Crippen LogP contribution in [0.2, 0.25) is 0 Å². The number of piperidine rings is 1. The van der Waals surface area contributed by atoms with Crippen LogP contribution in [0.15, 0.2) is 17.5 Å². The fourth-order valence-electron chi connectivity index (χ4n) is 2.42. The van der Waals surface area contributed by atoms with Crippen LogP contribution < -0.4 is 0 Å². The molecule has 1 aromatic heterocycles. The molecule has 0 unspecified atom stereocenters. The first-order valence-corrected chi connectivity index (χ1v) is 8.40. The third-order valence-electron chi connectivity index (χ3n) is 3.37. The van der Waals surface area contributed by atoms with Crippen molar-refractivity contribution in [1.29, 1.82) is 0 Å². The van der Waals surface area contributed by atoms with Gasteiger partial charge in [0.2, 0.25) is 0 Å². The van der Waals surface area contributed by atoms with Crippen LogP contribution in [-0.2, 0) is 9.47 Å². The SMILES string of the molecule is C[C@H](O[C@H]1CCCN(C(=O)OC(C)(C)C)C1)c1cccs1. The Balaban J connectivity index is 1.87. The van der Waals surface area contributed by atoms with Gasteiger partial charge < -0.3 is 14.4 Å². The molecule has 0 spiro atoms. The highest BCUT2D eigenvalue weighted by Crippen LogP contribution is 2.26. The molecule has 0 radical (unpaired) electrons. The maximum Gasteiger partial charge on any atom is 0.410 e. The summed E-state index contributed by atoms with van der Waals surface area (Å²) in [6, 6.07) is 4.12. The Bertz CT molecular complexity index is 453. The van der Waals surface area contributed by atoms with Gasteiger partial charge in [-0.05, 0) is 52.0 Å². The van der Waals surface area contributed by atoms with Gasteiger partial charge >= 0.3 is 6.09 Å². The van der Waals surface area contributed by atoms with Crippen LogP contribution in [0.5, 0.6) is 0 Å². The van der Waals surface area contributed by atoms with Crippen LogP contribution in [0.3, 0.4) is 0 Å². The fraction of sp³-hybridized carbons (Fsp3) is 0.688. The summed E-state index contributed by atoms with van der Waals surface area (Å²) < 4.78 is 11.5. The van der Waals surface area contributed by atoms with E-state index in [1.54, 1.807) is 16.2 Å². The van der Waals surface area contributed by atoms with Gasteiger partial charge in [0.25, 0.3) is 0 Å². The van der Waals surface area contributed by atoms with Gasteiger partial charge in [-0.2, -0.15) is 0 Å². The van der Waals surface area contributed by atoms with Gasteiger partial charge in [0.1, 0.15) is 5.60 Å². The van der Waals surface area contributed by atoms with E-state index in [4.69, 9.17) is 9.47 Å². The van der Waals surface area contributed by atoms with E-state index in [1.807, 2.05) is 26.8 Å². The molecule has 21 heavy (non-hydrogen) atoms. The minimum atomic E-state index is -0.449. The quantitative estimate of drug-likeness (QED) is 0.838. The van der Waals surface area contributed by atoms with Crippen molar-refractivity contribution >= 4 is 17.4 Å². The number of rotatable bonds is 3. The van der Waals surface area contributed by atoms with Crippen molar-refractivity contribution in [2.24, 2.45) is 0 Å². The number of amides is 1. The van der Waals surface area contributed by atoms with Gasteiger partial charge in [0.05, 0.1) is 18.8 Å². The van der Waals surface area contributed by atoms with Crippen molar-refractivity contribution < 1.29 is 14.3 Å². The maximum absolute atomic E-state index is 12.1. The van der Waals surface area contributed by atoms with E-state index in [9.17, 15) is 4.79 Å². The van der Waals surface area contributed by atoms with Gasteiger partial charge in [0.15, 0.2) is 0 Å². The molecule has 1 aromatic rings. The van der Waals surface area contributed by atoms with E-state index in [-0.39, 0.29) is 18.3 Å². The van der Waals surface area contributed by atoms with Crippen LogP contribution in [-0.4, -0.2) is 35.8 Å². The molecule has 0 aliphatic carbocycles. The van der Waals surface area contributed by atoms with Crippen LogP contribution in [0, 0.1) is 0 Å². The van der Waals surface area contributed by atoms with Crippen molar-refractivity contribution in [3.8, 4) is 0 Å². The Morgan fingerprint density at radius 3 is 2.86 bits per heavy atom. The second-order valence-electron chi connectivity index (χ2n) is 6.48. The van der Waals surface area contributed by atoms with Crippen LogP contribution in [0.4, 0.5) is 4.79 Å². The molecule has 2 atom stereocenters. The first kappa shape index (κ1) is 16.3. The number of carbonyl (C=O) groups is 1. The summed E-state index contributed by atoms with van der Waals surface area (Å²) >= 11 is 1.70. The summed E-state index contributed by atoms with van der Waals surface area (Å²) in [7, 11) is 0. The molecule has 0 aromatic carbocycles. The highest BCUT2D eigenvalue weighted by molar-refractivity contribution is 7.10. The molecule has 1 fully saturated rings. The molecule has 5 heteroatoms. The summed E-state index contributed by atoms with van der Waals surface area (Å²) in [5, 5.41) is 2.06. The molecule has 2 heterocycles. The highest BCUT2D eigenvalue weighted by Gasteiger charge is 2.29. The zero-order valence-electron chi connectivity index (χ0n) is 13.3. The largest absolute Gasteiger partial charge is 0.444 e. The van der Waals surface area contributed by atoms with Crippen molar-refractivity contribution in [1.82, 2.24) is 4.90 Å². The summed E-state index contributed by atoms with van der Waals surface area (Å²) in [6.45, 7) is 9.11. The predicted molar refractivity (Wildman–Crippen MR) is 84.6 cm³/mol. The van der Waals surface area contributed by atoms with Crippen molar-refractivity contribution in [3.05, 3.63) is 22.4 Å². The second-order valence-corrected chi connectivity index (χ2v) is 7.46. The van der Waals surface area contributed by atoms with Crippen LogP contribution >= 0.6 is 11.3 Å². The molecule has 0 N–H and O–H groups in total. The number of nitrogens with zero attached hydrogens (tertiary/aromatic N) is 1. The Kier molecular flexibility index (Phi) is 5.27. The normalized spacial score (nSPS) is 21.1. The summed E-state index contributed by atoms with van der Waals surface area (Å²) in [5.74, 6) is 0. The average Bonchev–Trinajstić information content (AvgIpc) is 2.91. The van der Waals surface area contributed by atoms with Gasteiger partial charge in [-0.3, -0.25) is 0 Å². The van der Waals surface area contributed by atoms with Gasteiger partial charge in [-0.25, -0.2) is 4.79 Å². The molecule has 1 aliphatic rings. The first-order chi connectivity index (χ1) is 9.85. The number of likely N-dealkylation sites (tertiary alicyclic amines) is 1. The van der Waals surface area contributed by atoms with Crippen molar-refractivity contribution in [2.75, 3.05) is 13.1 Å². The minimum absolute atomic E-state index is 0.0774. The zero-order chi connectivity index (χ0) is 15.5. The summed E-state index contributed by atoms with van der Waals surface area (Å²) in [5.41, 5.74) is -0.449. The van der Waals surface area contributed by atoms with Gasteiger partial charge in [-0.1, -0.05) is 6.07 Å². The standard InChI is InChI=1S/C16H25NO3S/c1-12(14-8-6-10-21-14)19-13-7-5-9-17(11-13)15(18)20-16(2,3)4/h6,8,10,12-13H,5,7,9,11H2,1-4H3/t12-,13-/m0/s1. The molecule has 0 bridgehead atoms. The Morgan fingerprint density at radius 1 is 1.48 bits per heavy atom. The number of hydrogen-bond acceptors (Lipinski definition) is 4. The zero-order valence-corrected chi connectivity index (χ0v) is 14.1. The molecule has 1 saturated heterocycles. The number of ether oxygens (including phenoxy) is 2. The van der Waals surface area contributed by atoms with Crippen molar-refractivity contribution in [2.45, 2.75) is 58.3 Å². The van der Waals surface area contributed by atoms with E-state index >= 15 is 0 Å². The van der Waals surface area contributed by atoms with E-state index in [0.717, 1.165) is 19.4 Å². The number of hydrogen-bond donors (Lipinski definition) is 0. The summed E-state index contributed by atoms with van der Waals surface area (Å²) in [4.78, 5) is 15.1. The second kappa shape index (κ2) is 6.79. The van der Waals surface area contributed by atoms with Crippen molar-refractivity contribution in [3.63, 3.8) is 0 Å². The lowest BCUT2D eigenvalue weighted by atomic mass is 10.1. The molecule has 1 amide bonds. The molecular formula is C16H25NO3S. The molecular weight excluding hydrogens is 286 g/mol. The Labute approximate surface area is 131 Å². The topological polar surface area (TPSA) is 38.8 Å². The van der Waals surface area contributed by atoms with E-state index in [2.05, 4.69) is 18.4 Å². The lowest BCUT2D eigenvalue weighted by molar-refractivity contribution is -0.0474. The minimum Gasteiger partial charge on any atom is -0.444 e. The smallest absolute Gasteiger partial charge is 0.410 e. The Morgan fingerprint density at radius 2 is 2.24 bits per heavy atom. The first-order valence-electron chi connectivity index (χ1n) is 7.52. The van der Waals surface area contributed by atoms with Gasteiger partial charge in [0, 0.05) is 11.4 Å². The van der Waals surface area contributed by atoms with E-state index in [1.165, 1.54) is 4.88 Å². The number of thiophene rings is 1. The molecule has 4 nitrogen and oxygen atoms in total. The van der Waals surface area contributed by atoms with E-state index < -0.39 is 5.60 Å². The highest BCUT2D eigenvalue weighted by atomic mass is 32.1. The maximum atomic E-state index is 12.1. The fourth-order valence-corrected chi connectivity index (χ4v) is 3.14. The van der Waals surface area contributed by atoms with Crippen LogP contribution in [0.25, 0.3) is 0 Å². The van der Waals surface area contributed by atoms with E-state index in [0.29, 0.717) is 6.54 Å². The summed E-state index contributed by atoms with van der Waals surface area (Å²) in [6.07, 6.45) is 1.88. The molecule has 118 valence electrons. The number of carbonyl (C=O) groups excluding carboxylic acids is 1. The average molecular weight is 311 g/mol. The monoisotopic (exact) mass is 311 g/mol. The van der Waals surface area contributed by atoms with Gasteiger partial charge in [-0.15, -0.1) is 11.3 Å². The molecule has 0 saturated carbocycles. The lowest BCUT2D eigenvalue weighted by Crippen LogP contribution is -2.45. The lowest BCUT2D eigenvalue weighted by Gasteiger charge is -2.35. The van der Waals surface area contributed by atoms with Crippen LogP contribution in [0.1, 0.15) is 51.5 Å². The third kappa shape index (κ3) is 5.00. The Hall–Kier alpha value is -1.07. The molecule has 1 aliphatic heterocycles. The third-order valence-corrected chi connectivity index (χ3v) is 4.40. The molecule has 2 rings (SSSR count). The predicted octanol–water partition coefficient (Wildman–Crippen LogP) is 4.23.